The van der Waals surface area contributed by atoms with Crippen molar-refractivity contribution in [2.45, 2.75) is 38.6 Å². The number of carbonyl (C=O) groups excluding carboxylic acids is 1. The zero-order valence-electron chi connectivity index (χ0n) is 11.5. The van der Waals surface area contributed by atoms with Crippen molar-refractivity contribution in [3.63, 3.8) is 0 Å². The summed E-state index contributed by atoms with van der Waals surface area (Å²) in [5, 5.41) is 2.98. The molecule has 20 heavy (non-hydrogen) atoms. The van der Waals surface area contributed by atoms with Gasteiger partial charge in [0.1, 0.15) is 11.6 Å². The van der Waals surface area contributed by atoms with Gasteiger partial charge in [0.15, 0.2) is 0 Å². The SMILES string of the molecule is O=C(CCc1ccccc1)Nc1cnc2n1CCCC2. The van der Waals surface area contributed by atoms with E-state index in [9.17, 15) is 4.79 Å². The maximum absolute atomic E-state index is 12.0. The zero-order chi connectivity index (χ0) is 13.8. The van der Waals surface area contributed by atoms with Gasteiger partial charge in [0.05, 0.1) is 6.20 Å². The number of rotatable bonds is 4. The molecule has 0 atom stereocenters. The van der Waals surface area contributed by atoms with Crippen LogP contribution >= 0.6 is 0 Å². The summed E-state index contributed by atoms with van der Waals surface area (Å²) in [5.74, 6) is 1.99. The standard InChI is InChI=1S/C16H19N3O/c20-16(10-9-13-6-2-1-3-7-13)18-15-12-17-14-8-4-5-11-19(14)15/h1-3,6-7,12H,4-5,8-11H2,(H,18,20). The fraction of sp³-hybridized carbons (Fsp3) is 0.375. The Morgan fingerprint density at radius 3 is 2.95 bits per heavy atom. The van der Waals surface area contributed by atoms with Crippen LogP contribution in [0.4, 0.5) is 5.82 Å². The first-order chi connectivity index (χ1) is 9.83. The highest BCUT2D eigenvalue weighted by atomic mass is 16.1. The number of anilines is 1. The molecular weight excluding hydrogens is 250 g/mol. The molecule has 0 saturated carbocycles. The van der Waals surface area contributed by atoms with Crippen molar-refractivity contribution >= 4 is 11.7 Å². The highest BCUT2D eigenvalue weighted by Gasteiger charge is 2.15. The molecule has 3 rings (SSSR count). The van der Waals surface area contributed by atoms with Gasteiger partial charge in [-0.25, -0.2) is 4.98 Å². The molecule has 1 aromatic heterocycles. The Bertz CT molecular complexity index is 589. The quantitative estimate of drug-likeness (QED) is 0.927. The van der Waals surface area contributed by atoms with E-state index in [-0.39, 0.29) is 5.91 Å². The molecule has 0 unspecified atom stereocenters. The molecule has 2 aromatic rings. The summed E-state index contributed by atoms with van der Waals surface area (Å²) >= 11 is 0. The summed E-state index contributed by atoms with van der Waals surface area (Å²) in [5.41, 5.74) is 1.19. The lowest BCUT2D eigenvalue weighted by Crippen LogP contribution is -2.18. The molecule has 4 heteroatoms. The van der Waals surface area contributed by atoms with Crippen LogP contribution in [0.2, 0.25) is 0 Å². The Labute approximate surface area is 118 Å². The number of nitrogens with zero attached hydrogens (tertiary/aromatic N) is 2. The third-order valence-corrected chi connectivity index (χ3v) is 3.72. The molecule has 1 amide bonds. The van der Waals surface area contributed by atoms with E-state index in [1.165, 1.54) is 12.0 Å². The predicted molar refractivity (Wildman–Crippen MR) is 78.6 cm³/mol. The predicted octanol–water partition coefficient (Wildman–Crippen LogP) is 2.79. The zero-order valence-corrected chi connectivity index (χ0v) is 11.5. The Kier molecular flexibility index (Phi) is 3.81. The van der Waals surface area contributed by atoms with Gasteiger partial charge in [0, 0.05) is 19.4 Å². The average molecular weight is 269 g/mol. The number of benzene rings is 1. The summed E-state index contributed by atoms with van der Waals surface area (Å²) in [6.07, 6.45) is 6.42. The molecular formula is C16H19N3O. The molecule has 1 N–H and O–H groups in total. The molecule has 0 aliphatic carbocycles. The van der Waals surface area contributed by atoms with Crippen LogP contribution in [-0.2, 0) is 24.2 Å². The topological polar surface area (TPSA) is 46.9 Å². The second-order valence-corrected chi connectivity index (χ2v) is 5.20. The van der Waals surface area contributed by atoms with Crippen molar-refractivity contribution < 1.29 is 4.79 Å². The maximum atomic E-state index is 12.0. The summed E-state index contributed by atoms with van der Waals surface area (Å²) in [7, 11) is 0. The number of nitrogens with one attached hydrogen (secondary N) is 1. The smallest absolute Gasteiger partial charge is 0.225 e. The van der Waals surface area contributed by atoms with Gasteiger partial charge in [0.25, 0.3) is 0 Å². The molecule has 0 spiro atoms. The second kappa shape index (κ2) is 5.90. The van der Waals surface area contributed by atoms with Crippen LogP contribution in [0.3, 0.4) is 0 Å². The first kappa shape index (κ1) is 12.9. The molecule has 1 aromatic carbocycles. The number of carbonyl (C=O) groups is 1. The highest BCUT2D eigenvalue weighted by Crippen LogP contribution is 2.19. The van der Waals surface area contributed by atoms with Gasteiger partial charge in [-0.3, -0.25) is 4.79 Å². The van der Waals surface area contributed by atoms with Crippen LogP contribution in [0.1, 0.15) is 30.7 Å². The molecule has 0 radical (unpaired) electrons. The van der Waals surface area contributed by atoms with Crippen molar-refractivity contribution in [2.24, 2.45) is 0 Å². The van der Waals surface area contributed by atoms with E-state index < -0.39 is 0 Å². The Balaban J connectivity index is 1.58. The molecule has 4 nitrogen and oxygen atoms in total. The summed E-state index contributed by atoms with van der Waals surface area (Å²) < 4.78 is 2.13. The van der Waals surface area contributed by atoms with Crippen LogP contribution < -0.4 is 5.32 Å². The Hall–Kier alpha value is -2.10. The lowest BCUT2D eigenvalue weighted by atomic mass is 10.1. The van der Waals surface area contributed by atoms with E-state index in [4.69, 9.17) is 0 Å². The van der Waals surface area contributed by atoms with E-state index in [0.717, 1.165) is 37.4 Å². The summed E-state index contributed by atoms with van der Waals surface area (Å²) in [6, 6.07) is 10.1. The fourth-order valence-electron chi connectivity index (χ4n) is 2.62. The van der Waals surface area contributed by atoms with Crippen LogP contribution in [0.5, 0.6) is 0 Å². The molecule has 0 saturated heterocycles. The second-order valence-electron chi connectivity index (χ2n) is 5.20. The van der Waals surface area contributed by atoms with Crippen molar-refractivity contribution in [1.29, 1.82) is 0 Å². The largest absolute Gasteiger partial charge is 0.315 e. The summed E-state index contributed by atoms with van der Waals surface area (Å²) in [4.78, 5) is 16.4. The van der Waals surface area contributed by atoms with Gasteiger partial charge in [-0.1, -0.05) is 30.3 Å². The van der Waals surface area contributed by atoms with Crippen molar-refractivity contribution in [2.75, 3.05) is 5.32 Å². The number of hydrogen-bond donors (Lipinski definition) is 1. The Morgan fingerprint density at radius 1 is 1.25 bits per heavy atom. The third-order valence-electron chi connectivity index (χ3n) is 3.72. The van der Waals surface area contributed by atoms with E-state index in [2.05, 4.69) is 14.9 Å². The van der Waals surface area contributed by atoms with E-state index in [0.29, 0.717) is 6.42 Å². The minimum absolute atomic E-state index is 0.0575. The maximum Gasteiger partial charge on any atom is 0.225 e. The van der Waals surface area contributed by atoms with Crippen molar-refractivity contribution in [1.82, 2.24) is 9.55 Å². The first-order valence-corrected chi connectivity index (χ1v) is 7.21. The highest BCUT2D eigenvalue weighted by molar-refractivity contribution is 5.89. The first-order valence-electron chi connectivity index (χ1n) is 7.21. The number of aryl methyl sites for hydroxylation is 2. The fourth-order valence-corrected chi connectivity index (χ4v) is 2.62. The molecule has 1 aliphatic heterocycles. The van der Waals surface area contributed by atoms with Crippen LogP contribution in [0.25, 0.3) is 0 Å². The molecule has 0 bridgehead atoms. The third kappa shape index (κ3) is 2.90. The minimum Gasteiger partial charge on any atom is -0.315 e. The van der Waals surface area contributed by atoms with Crippen molar-refractivity contribution in [3.8, 4) is 0 Å². The lowest BCUT2D eigenvalue weighted by molar-refractivity contribution is -0.116. The van der Waals surface area contributed by atoms with E-state index in [1.54, 1.807) is 6.20 Å². The van der Waals surface area contributed by atoms with Gasteiger partial charge < -0.3 is 9.88 Å². The monoisotopic (exact) mass is 269 g/mol. The van der Waals surface area contributed by atoms with Crippen LogP contribution in [-0.4, -0.2) is 15.5 Å². The van der Waals surface area contributed by atoms with Crippen LogP contribution in [0, 0.1) is 0 Å². The number of amides is 1. The minimum atomic E-state index is 0.0575. The number of fused-ring (bicyclic) bond motifs is 1. The van der Waals surface area contributed by atoms with Gasteiger partial charge in [-0.05, 0) is 24.8 Å². The molecule has 104 valence electrons. The average Bonchev–Trinajstić information content (AvgIpc) is 2.90. The van der Waals surface area contributed by atoms with Crippen molar-refractivity contribution in [3.05, 3.63) is 47.9 Å². The summed E-state index contributed by atoms with van der Waals surface area (Å²) in [6.45, 7) is 0.962. The molecule has 2 heterocycles. The van der Waals surface area contributed by atoms with Crippen LogP contribution in [0.15, 0.2) is 36.5 Å². The van der Waals surface area contributed by atoms with E-state index in [1.807, 2.05) is 30.3 Å². The van der Waals surface area contributed by atoms with Gasteiger partial charge in [-0.2, -0.15) is 0 Å². The van der Waals surface area contributed by atoms with Gasteiger partial charge in [-0.15, -0.1) is 0 Å². The van der Waals surface area contributed by atoms with Gasteiger partial charge in [0.2, 0.25) is 5.91 Å². The molecule has 0 fully saturated rings. The van der Waals surface area contributed by atoms with Gasteiger partial charge >= 0.3 is 0 Å². The van der Waals surface area contributed by atoms with E-state index >= 15 is 0 Å². The normalized spacial score (nSPS) is 13.8. The number of imidazole rings is 1. The number of hydrogen-bond acceptors (Lipinski definition) is 2. The Morgan fingerprint density at radius 2 is 2.10 bits per heavy atom. The molecule has 1 aliphatic rings. The number of aromatic nitrogens is 2. The lowest BCUT2D eigenvalue weighted by Gasteiger charge is -2.16.